The van der Waals surface area contributed by atoms with Gasteiger partial charge >= 0.3 is 0 Å². The molecule has 412 valence electrons. The summed E-state index contributed by atoms with van der Waals surface area (Å²) in [5.74, 6) is 0.459. The fourth-order valence-electron chi connectivity index (χ4n) is 12.6. The van der Waals surface area contributed by atoms with Crippen molar-refractivity contribution in [3.05, 3.63) is 130 Å². The summed E-state index contributed by atoms with van der Waals surface area (Å²) in [5, 5.41) is 27.0. The third kappa shape index (κ3) is 11.1. The number of methoxy groups -OCH3 is 1. The van der Waals surface area contributed by atoms with E-state index in [1.807, 2.05) is 24.3 Å². The van der Waals surface area contributed by atoms with Crippen LogP contribution in [0.5, 0.6) is 28.7 Å². The molecule has 2 saturated carbocycles. The van der Waals surface area contributed by atoms with Gasteiger partial charge in [-0.25, -0.2) is 18.1 Å². The number of pyridine rings is 1. The Bertz CT molecular complexity index is 3290. The van der Waals surface area contributed by atoms with Crippen LogP contribution in [0.25, 0.3) is 11.0 Å². The van der Waals surface area contributed by atoms with Crippen molar-refractivity contribution in [3.63, 3.8) is 0 Å². The number of nitrogens with zero attached hydrogens (tertiary/aromatic N) is 5. The first kappa shape index (κ1) is 53.1. The highest BCUT2D eigenvalue weighted by Crippen LogP contribution is 2.54. The van der Waals surface area contributed by atoms with E-state index in [0.29, 0.717) is 55.6 Å². The first-order chi connectivity index (χ1) is 37.5. The number of fused-ring (bicyclic) bond motifs is 2. The summed E-state index contributed by atoms with van der Waals surface area (Å²) in [5.41, 5.74) is 4.41. The molecule has 5 aliphatic rings. The van der Waals surface area contributed by atoms with Crippen molar-refractivity contribution in [2.75, 3.05) is 69.8 Å². The number of aromatic nitrogens is 2. The number of nitrogens with one attached hydrogen (secondary N) is 3. The van der Waals surface area contributed by atoms with Gasteiger partial charge in [-0.05, 0) is 129 Å². The molecule has 0 unspecified atom stereocenters. The first-order valence-corrected chi connectivity index (χ1v) is 28.9. The van der Waals surface area contributed by atoms with Crippen LogP contribution in [-0.4, -0.2) is 115 Å². The lowest BCUT2D eigenvalue weighted by Crippen LogP contribution is -2.60. The molecular weight excluding hydrogens is 1010 g/mol. The van der Waals surface area contributed by atoms with Gasteiger partial charge in [0.1, 0.15) is 41.0 Å². The van der Waals surface area contributed by atoms with Crippen LogP contribution in [0.1, 0.15) is 111 Å². The summed E-state index contributed by atoms with van der Waals surface area (Å²) in [6.07, 6.45) is 10.1. The van der Waals surface area contributed by atoms with Gasteiger partial charge in [0, 0.05) is 87.3 Å². The van der Waals surface area contributed by atoms with E-state index >= 15 is 0 Å². The summed E-state index contributed by atoms with van der Waals surface area (Å²) in [7, 11) is -3.13. The fourth-order valence-corrected chi connectivity index (χ4v) is 13.7. The van der Waals surface area contributed by atoms with Crippen molar-refractivity contribution in [1.29, 1.82) is 0 Å². The number of anilines is 2. The molecule has 2 aromatic heterocycles. The van der Waals surface area contributed by atoms with Gasteiger partial charge in [0.05, 0.1) is 29.4 Å². The highest BCUT2D eigenvalue weighted by atomic mass is 32.2. The molecule has 2 aliphatic carbocycles. The maximum Gasteiger partial charge on any atom is 0.297 e. The van der Waals surface area contributed by atoms with Crippen LogP contribution in [-0.2, 0) is 16.6 Å². The maximum absolute atomic E-state index is 14.4. The Balaban J connectivity index is 0.807. The Morgan fingerprint density at radius 2 is 1.68 bits per heavy atom. The van der Waals surface area contributed by atoms with Gasteiger partial charge in [0.15, 0.2) is 17.2 Å². The Hall–Kier alpha value is -6.93. The van der Waals surface area contributed by atoms with Crippen LogP contribution >= 0.6 is 0 Å². The molecule has 1 amide bonds. The predicted octanol–water partition coefficient (Wildman–Crippen LogP) is 9.95. The monoisotopic (exact) mass is 1080 g/mol. The molecule has 2 saturated heterocycles. The molecular formula is C59H70N8O10S. The zero-order chi connectivity index (χ0) is 54.3. The van der Waals surface area contributed by atoms with E-state index in [2.05, 4.69) is 85.0 Å². The number of nitro benzene ring substituents is 1. The number of H-pyrrole nitrogens is 1. The third-order valence-electron chi connectivity index (χ3n) is 17.1. The standard InChI is InChI=1S/C59H70N8O10S/c1-38(2)46-7-5-6-8-47(46)50-37-64(36-40-9-12-44(74-4)13-10-40)25-26-66(50)43-32-59(33-43)20-23-65(24-21-59)42-11-14-48(51(30-42)77-45-29-41-17-22-60-56(41)62-35-45)57(68)63-78(72,73)52-31-49(67(70)71)53(55-54(52)75-27-28-76-55)61-34-39-15-18-58(3,69)19-16-39/h5-14,17,22,29-31,35,38-39,43,50,61,69H,15-16,18-21,23-28,32-34,36-37H2,1-4H3,(H,60,62)(H,63,68)/t39-,50-,58-/m0/s1. The highest BCUT2D eigenvalue weighted by molar-refractivity contribution is 7.90. The smallest absolute Gasteiger partial charge is 0.297 e. The predicted molar refractivity (Wildman–Crippen MR) is 298 cm³/mol. The molecule has 3 aliphatic heterocycles. The molecule has 6 aromatic rings. The fraction of sp³-hybridized carbons (Fsp3) is 0.458. The van der Waals surface area contributed by atoms with Crippen molar-refractivity contribution >= 4 is 44.0 Å². The number of hydrogen-bond acceptors (Lipinski definition) is 15. The van der Waals surface area contributed by atoms with E-state index in [1.54, 1.807) is 38.4 Å². The van der Waals surface area contributed by atoms with Crippen LogP contribution in [0.2, 0.25) is 0 Å². The van der Waals surface area contributed by atoms with Crippen molar-refractivity contribution in [2.24, 2.45) is 11.3 Å². The van der Waals surface area contributed by atoms with Gasteiger partial charge in [-0.1, -0.05) is 50.2 Å². The van der Waals surface area contributed by atoms with E-state index in [1.165, 1.54) is 22.9 Å². The highest BCUT2D eigenvalue weighted by Gasteiger charge is 2.50. The lowest BCUT2D eigenvalue weighted by molar-refractivity contribution is -0.384. The number of nitro groups is 1. The number of ether oxygens (including phenoxy) is 4. The summed E-state index contributed by atoms with van der Waals surface area (Å²) < 4.78 is 54.6. The van der Waals surface area contributed by atoms with E-state index in [4.69, 9.17) is 18.9 Å². The zero-order valence-electron chi connectivity index (χ0n) is 44.8. The number of sulfonamides is 1. The molecule has 4 N–H and O–H groups in total. The van der Waals surface area contributed by atoms with E-state index < -0.39 is 37.0 Å². The number of aliphatic hydroxyl groups is 1. The Kier molecular flexibility index (Phi) is 14.8. The Morgan fingerprint density at radius 3 is 2.41 bits per heavy atom. The number of piperidine rings is 1. The molecule has 1 spiro atoms. The summed E-state index contributed by atoms with van der Waals surface area (Å²) >= 11 is 0. The molecule has 19 heteroatoms. The number of rotatable bonds is 16. The van der Waals surface area contributed by atoms with E-state index in [0.717, 1.165) is 87.8 Å². The number of piperazine rings is 1. The Labute approximate surface area is 455 Å². The van der Waals surface area contributed by atoms with Crippen LogP contribution in [0.3, 0.4) is 0 Å². The molecule has 1 atom stereocenters. The lowest BCUT2D eigenvalue weighted by atomic mass is 9.59. The molecule has 11 rings (SSSR count). The second kappa shape index (κ2) is 21.7. The molecule has 5 heterocycles. The van der Waals surface area contributed by atoms with Crippen LogP contribution < -0.4 is 33.9 Å². The molecule has 78 heavy (non-hydrogen) atoms. The molecule has 4 fully saturated rings. The average Bonchev–Trinajstić information content (AvgIpc) is 4.06. The number of benzene rings is 4. The van der Waals surface area contributed by atoms with Crippen molar-refractivity contribution in [1.82, 2.24) is 24.5 Å². The number of hydrogen-bond donors (Lipinski definition) is 4. The average molecular weight is 1080 g/mol. The SMILES string of the molecule is COc1ccc(CN2CCN(C3CC4(CCN(c5ccc(C(=O)NS(=O)(=O)c6cc([N+](=O)[O-])c(NC[C@H]7CC[C@](C)(O)CC7)c7c6OCCO7)c(Oc6cnc7[nH]ccc7c6)c5)CC4)C3)[C@H](c3ccccc3C(C)C)C2)cc1. The number of amides is 1. The van der Waals surface area contributed by atoms with Gasteiger partial charge < -0.3 is 39.3 Å². The number of carbonyl (C=O) groups excluding carboxylic acids is 1. The van der Waals surface area contributed by atoms with Gasteiger partial charge in [-0.15, -0.1) is 0 Å². The maximum atomic E-state index is 14.4. The van der Waals surface area contributed by atoms with Crippen molar-refractivity contribution in [2.45, 2.75) is 107 Å². The first-order valence-electron chi connectivity index (χ1n) is 27.4. The van der Waals surface area contributed by atoms with Gasteiger partial charge in [0.25, 0.3) is 21.6 Å². The van der Waals surface area contributed by atoms with Crippen LogP contribution in [0, 0.1) is 21.4 Å². The van der Waals surface area contributed by atoms with Gasteiger partial charge in [0.2, 0.25) is 0 Å². The quantitative estimate of drug-likeness (QED) is 0.0524. The third-order valence-corrected chi connectivity index (χ3v) is 18.4. The zero-order valence-corrected chi connectivity index (χ0v) is 45.7. The normalized spacial score (nSPS) is 21.8. The second-order valence-corrected chi connectivity index (χ2v) is 24.3. The lowest BCUT2D eigenvalue weighted by Gasteiger charge is -2.58. The van der Waals surface area contributed by atoms with Crippen molar-refractivity contribution < 1.29 is 42.2 Å². The van der Waals surface area contributed by atoms with Crippen LogP contribution in [0.4, 0.5) is 17.1 Å². The van der Waals surface area contributed by atoms with Crippen LogP contribution in [0.15, 0.2) is 102 Å². The van der Waals surface area contributed by atoms with E-state index in [-0.39, 0.29) is 59.1 Å². The topological polar surface area (TPSA) is 214 Å². The van der Waals surface area contributed by atoms with Gasteiger partial charge in [-0.2, -0.15) is 0 Å². The molecule has 18 nitrogen and oxygen atoms in total. The largest absolute Gasteiger partial charge is 0.497 e. The molecule has 0 radical (unpaired) electrons. The minimum atomic E-state index is -4.83. The Morgan fingerprint density at radius 1 is 0.936 bits per heavy atom. The summed E-state index contributed by atoms with van der Waals surface area (Å²) in [6, 6.07) is 27.8. The van der Waals surface area contributed by atoms with E-state index in [9.17, 15) is 28.4 Å². The number of aromatic amines is 1. The second-order valence-electron chi connectivity index (χ2n) is 22.7. The summed E-state index contributed by atoms with van der Waals surface area (Å²) in [4.78, 5) is 41.0. The van der Waals surface area contributed by atoms with Crippen molar-refractivity contribution in [3.8, 4) is 28.7 Å². The molecule has 4 aromatic carbocycles. The number of carbonyl (C=O) groups is 1. The minimum absolute atomic E-state index is 0.00943. The molecule has 0 bridgehead atoms. The minimum Gasteiger partial charge on any atom is -0.497 e. The van der Waals surface area contributed by atoms with Gasteiger partial charge in [-0.3, -0.25) is 24.7 Å². The summed E-state index contributed by atoms with van der Waals surface area (Å²) in [6.45, 7) is 12.1.